The molecule has 1 aliphatic heterocycles. The van der Waals surface area contributed by atoms with Gasteiger partial charge in [0.25, 0.3) is 5.91 Å². The normalized spacial score (nSPS) is 25.8. The van der Waals surface area contributed by atoms with Gasteiger partial charge in [0.05, 0.1) is 11.0 Å². The molecule has 0 unspecified atom stereocenters. The van der Waals surface area contributed by atoms with Crippen molar-refractivity contribution in [3.63, 3.8) is 0 Å². The molecule has 1 saturated carbocycles. The predicted octanol–water partition coefficient (Wildman–Crippen LogP) is 3.12. The first-order valence-electron chi connectivity index (χ1n) is 11.2. The topological polar surface area (TPSA) is 80.0 Å². The summed E-state index contributed by atoms with van der Waals surface area (Å²) in [6, 6.07) is 3.78. The molecular weight excluding hydrogens is 382 g/mol. The number of piperidine rings is 1. The van der Waals surface area contributed by atoms with E-state index in [0.717, 1.165) is 67.0 Å². The summed E-state index contributed by atoms with van der Waals surface area (Å²) in [6.07, 6.45) is 7.17. The van der Waals surface area contributed by atoms with E-state index < -0.39 is 5.60 Å². The Bertz CT molecular complexity index is 1060. The molecule has 160 valence electrons. The molecule has 0 spiro atoms. The molecule has 1 N–H and O–H groups in total. The van der Waals surface area contributed by atoms with E-state index in [-0.39, 0.29) is 24.1 Å². The summed E-state index contributed by atoms with van der Waals surface area (Å²) in [5, 5.41) is 11.7. The van der Waals surface area contributed by atoms with Crippen molar-refractivity contribution in [1.82, 2.24) is 4.90 Å². The molecule has 2 aliphatic carbocycles. The number of hydrogen-bond donors (Lipinski definition) is 1. The van der Waals surface area contributed by atoms with Gasteiger partial charge in [0.15, 0.2) is 6.61 Å². The number of nitrogens with zero attached hydrogens (tertiary/aromatic N) is 1. The van der Waals surface area contributed by atoms with Gasteiger partial charge in [-0.15, -0.1) is 0 Å². The van der Waals surface area contributed by atoms with Gasteiger partial charge in [-0.05, 0) is 68.7 Å². The molecule has 30 heavy (non-hydrogen) atoms. The van der Waals surface area contributed by atoms with Crippen LogP contribution in [0.4, 0.5) is 0 Å². The number of hydrogen-bond acceptors (Lipinski definition) is 5. The molecule has 2 fully saturated rings. The van der Waals surface area contributed by atoms with Crippen LogP contribution in [-0.2, 0) is 17.6 Å². The highest BCUT2D eigenvalue weighted by atomic mass is 16.5. The molecule has 1 aromatic heterocycles. The second-order valence-electron chi connectivity index (χ2n) is 9.26. The Morgan fingerprint density at radius 1 is 1.23 bits per heavy atom. The van der Waals surface area contributed by atoms with E-state index in [0.29, 0.717) is 30.8 Å². The van der Waals surface area contributed by atoms with E-state index in [2.05, 4.69) is 0 Å². The van der Waals surface area contributed by atoms with Gasteiger partial charge in [0.2, 0.25) is 0 Å². The summed E-state index contributed by atoms with van der Waals surface area (Å²) >= 11 is 0. The summed E-state index contributed by atoms with van der Waals surface area (Å²) in [7, 11) is 0. The van der Waals surface area contributed by atoms with Crippen LogP contribution in [0.15, 0.2) is 21.3 Å². The number of carbonyl (C=O) groups excluding carboxylic acids is 1. The average Bonchev–Trinajstić information content (AvgIpc) is 3.21. The third-order valence-corrected chi connectivity index (χ3v) is 7.31. The van der Waals surface area contributed by atoms with Crippen LogP contribution in [0.3, 0.4) is 0 Å². The van der Waals surface area contributed by atoms with Crippen molar-refractivity contribution in [3.8, 4) is 5.75 Å². The van der Waals surface area contributed by atoms with Crippen molar-refractivity contribution in [3.05, 3.63) is 39.2 Å². The lowest BCUT2D eigenvalue weighted by Gasteiger charge is -2.47. The lowest BCUT2D eigenvalue weighted by Crippen LogP contribution is -2.55. The van der Waals surface area contributed by atoms with Gasteiger partial charge in [-0.25, -0.2) is 4.79 Å². The summed E-state index contributed by atoms with van der Waals surface area (Å²) in [5.74, 6) is 0.735. The smallest absolute Gasteiger partial charge is 0.339 e. The van der Waals surface area contributed by atoms with Gasteiger partial charge < -0.3 is 19.2 Å². The standard InChI is InChI=1S/C24H29NO5/c1-15-11-19(22-17-6-4-7-18(17)23(27)30-20(22)12-15)29-14-21(26)25-10-9-24(28)8-3-2-5-16(24)13-25/h11-12,16,28H,2-10,13-14H2,1H3/t16-,24-/m0/s1. The van der Waals surface area contributed by atoms with E-state index in [1.165, 1.54) is 0 Å². The second kappa shape index (κ2) is 7.41. The minimum Gasteiger partial charge on any atom is -0.483 e. The fourth-order valence-electron chi connectivity index (χ4n) is 5.65. The highest BCUT2D eigenvalue weighted by Crippen LogP contribution is 2.40. The van der Waals surface area contributed by atoms with Gasteiger partial charge in [-0.2, -0.15) is 0 Å². The van der Waals surface area contributed by atoms with Crippen LogP contribution in [0.2, 0.25) is 0 Å². The summed E-state index contributed by atoms with van der Waals surface area (Å²) in [5.41, 5.74) is 2.37. The number of carbonyl (C=O) groups is 1. The van der Waals surface area contributed by atoms with Crippen LogP contribution in [0.25, 0.3) is 11.0 Å². The monoisotopic (exact) mass is 411 g/mol. The molecule has 5 rings (SSSR count). The van der Waals surface area contributed by atoms with Crippen LogP contribution in [0.5, 0.6) is 5.75 Å². The van der Waals surface area contributed by atoms with Gasteiger partial charge in [-0.3, -0.25) is 4.79 Å². The van der Waals surface area contributed by atoms with Crippen LogP contribution in [0.1, 0.15) is 55.2 Å². The lowest BCUT2D eigenvalue weighted by atomic mass is 9.71. The summed E-state index contributed by atoms with van der Waals surface area (Å²) in [4.78, 5) is 27.0. The Morgan fingerprint density at radius 3 is 2.93 bits per heavy atom. The SMILES string of the molecule is Cc1cc(OCC(=O)N2CC[C@@]3(O)CCCC[C@H]3C2)c2c3c(c(=O)oc2c1)CCC3. The molecule has 0 bridgehead atoms. The number of aryl methyl sites for hydroxylation is 2. The van der Waals surface area contributed by atoms with Crippen molar-refractivity contribution < 1.29 is 19.1 Å². The number of aliphatic hydroxyl groups is 1. The van der Waals surface area contributed by atoms with Gasteiger partial charge in [0.1, 0.15) is 11.3 Å². The molecule has 3 aliphatic rings. The molecule has 1 aromatic carbocycles. The van der Waals surface area contributed by atoms with Crippen LogP contribution in [-0.4, -0.2) is 41.2 Å². The molecule has 2 atom stereocenters. The van der Waals surface area contributed by atoms with E-state index in [1.54, 1.807) is 0 Å². The second-order valence-corrected chi connectivity index (χ2v) is 9.26. The molecule has 6 nitrogen and oxygen atoms in total. The van der Waals surface area contributed by atoms with Gasteiger partial charge >= 0.3 is 5.63 Å². The van der Waals surface area contributed by atoms with E-state index in [1.807, 2.05) is 24.0 Å². The van der Waals surface area contributed by atoms with Crippen LogP contribution < -0.4 is 10.4 Å². The molecule has 1 saturated heterocycles. The summed E-state index contributed by atoms with van der Waals surface area (Å²) in [6.45, 7) is 3.07. The molecular formula is C24H29NO5. The van der Waals surface area contributed by atoms with Crippen molar-refractivity contribution in [2.45, 2.75) is 63.9 Å². The van der Waals surface area contributed by atoms with E-state index in [4.69, 9.17) is 9.15 Å². The molecule has 1 amide bonds. The predicted molar refractivity (Wildman–Crippen MR) is 113 cm³/mol. The highest BCUT2D eigenvalue weighted by Gasteiger charge is 2.43. The first-order valence-corrected chi connectivity index (χ1v) is 11.2. The Kier molecular flexibility index (Phi) is 4.85. The largest absolute Gasteiger partial charge is 0.483 e. The first-order chi connectivity index (χ1) is 14.4. The maximum Gasteiger partial charge on any atom is 0.339 e. The molecule has 0 radical (unpaired) electrons. The van der Waals surface area contributed by atoms with Crippen molar-refractivity contribution in [1.29, 1.82) is 0 Å². The zero-order valence-electron chi connectivity index (χ0n) is 17.5. The Hall–Kier alpha value is -2.34. The quantitative estimate of drug-likeness (QED) is 0.785. The Balaban J connectivity index is 1.36. The zero-order valence-corrected chi connectivity index (χ0v) is 17.5. The van der Waals surface area contributed by atoms with E-state index in [9.17, 15) is 14.7 Å². The minimum atomic E-state index is -0.597. The van der Waals surface area contributed by atoms with Crippen molar-refractivity contribution >= 4 is 16.9 Å². The minimum absolute atomic E-state index is 0.0440. The average molecular weight is 411 g/mol. The third kappa shape index (κ3) is 3.31. The number of ether oxygens (including phenoxy) is 1. The zero-order chi connectivity index (χ0) is 20.9. The third-order valence-electron chi connectivity index (χ3n) is 7.31. The number of benzene rings is 1. The highest BCUT2D eigenvalue weighted by molar-refractivity contribution is 5.89. The van der Waals surface area contributed by atoms with Crippen LogP contribution in [0, 0.1) is 12.8 Å². The maximum atomic E-state index is 12.9. The molecule has 2 heterocycles. The molecule has 2 aromatic rings. The first kappa shape index (κ1) is 19.6. The van der Waals surface area contributed by atoms with Crippen molar-refractivity contribution in [2.75, 3.05) is 19.7 Å². The number of rotatable bonds is 3. The Morgan fingerprint density at radius 2 is 2.07 bits per heavy atom. The van der Waals surface area contributed by atoms with Gasteiger partial charge in [-0.1, -0.05) is 12.8 Å². The lowest BCUT2D eigenvalue weighted by molar-refractivity contribution is -0.145. The maximum absolute atomic E-state index is 12.9. The number of fused-ring (bicyclic) bond motifs is 4. The van der Waals surface area contributed by atoms with Crippen molar-refractivity contribution in [2.24, 2.45) is 5.92 Å². The fourth-order valence-corrected chi connectivity index (χ4v) is 5.65. The number of amides is 1. The van der Waals surface area contributed by atoms with Gasteiger partial charge in [0, 0.05) is 24.6 Å². The molecule has 6 heteroatoms. The van der Waals surface area contributed by atoms with Crippen LogP contribution >= 0.6 is 0 Å². The van der Waals surface area contributed by atoms with E-state index >= 15 is 0 Å². The summed E-state index contributed by atoms with van der Waals surface area (Å²) < 4.78 is 11.6. The Labute approximate surface area is 175 Å². The number of likely N-dealkylation sites (tertiary alicyclic amines) is 1. The fraction of sp³-hybridized carbons (Fsp3) is 0.583.